The van der Waals surface area contributed by atoms with E-state index < -0.39 is 11.8 Å². The molecule has 0 atom stereocenters. The summed E-state index contributed by atoms with van der Waals surface area (Å²) in [7, 11) is 1.58. The number of hydrogen-bond acceptors (Lipinski definition) is 4. The van der Waals surface area contributed by atoms with Gasteiger partial charge in [-0.1, -0.05) is 0 Å². The van der Waals surface area contributed by atoms with Crippen LogP contribution in [0.1, 0.15) is 10.4 Å². The lowest BCUT2D eigenvalue weighted by atomic mass is 10.3. The normalized spacial score (nSPS) is 9.86. The number of aromatic nitrogens is 2. The van der Waals surface area contributed by atoms with Gasteiger partial charge in [0.25, 0.3) is 5.91 Å². The van der Waals surface area contributed by atoms with Gasteiger partial charge < -0.3 is 16.8 Å². The lowest BCUT2D eigenvalue weighted by Crippen LogP contribution is -2.25. The molecule has 1 aromatic heterocycles. The summed E-state index contributed by atoms with van der Waals surface area (Å²) < 4.78 is 1.34. The topological polar surface area (TPSA) is 116 Å². The lowest BCUT2D eigenvalue weighted by Gasteiger charge is -2.04. The van der Waals surface area contributed by atoms with E-state index in [1.165, 1.54) is 10.9 Å². The van der Waals surface area contributed by atoms with Gasteiger partial charge in [0.2, 0.25) is 5.91 Å². The molecule has 0 spiro atoms. The Balaban J connectivity index is 2.99. The van der Waals surface area contributed by atoms with Crippen LogP contribution < -0.4 is 16.8 Å². The van der Waals surface area contributed by atoms with Crippen LogP contribution in [0.15, 0.2) is 6.20 Å². The minimum absolute atomic E-state index is 0.161. The molecule has 0 radical (unpaired) electrons. The Morgan fingerprint density at radius 2 is 2.29 bits per heavy atom. The fourth-order valence-electron chi connectivity index (χ4n) is 0.949. The number of hydrogen-bond donors (Lipinski definition) is 3. The maximum atomic E-state index is 11.0. The van der Waals surface area contributed by atoms with Crippen LogP contribution in [0.4, 0.5) is 5.82 Å². The molecular weight excluding hydrogens is 186 g/mol. The number of nitrogens with two attached hydrogens (primary N) is 2. The molecule has 0 aliphatic carbocycles. The summed E-state index contributed by atoms with van der Waals surface area (Å²) >= 11 is 0. The molecule has 0 saturated carbocycles. The van der Waals surface area contributed by atoms with Crippen LogP contribution in [0.5, 0.6) is 0 Å². The van der Waals surface area contributed by atoms with Crippen molar-refractivity contribution in [2.75, 3.05) is 11.9 Å². The molecule has 0 bridgehead atoms. The Labute approximate surface area is 80.1 Å². The first kappa shape index (κ1) is 10.2. The maximum absolute atomic E-state index is 11.0. The SMILES string of the molecule is Cn1ncc(C(N)=O)c1NC(=O)CN. The van der Waals surface area contributed by atoms with Crippen LogP contribution >= 0.6 is 0 Å². The summed E-state index contributed by atoms with van der Waals surface area (Å²) in [6, 6.07) is 0. The van der Waals surface area contributed by atoms with Crippen molar-refractivity contribution in [3.63, 3.8) is 0 Å². The minimum Gasteiger partial charge on any atom is -0.365 e. The van der Waals surface area contributed by atoms with Crippen LogP contribution in [0.3, 0.4) is 0 Å². The van der Waals surface area contributed by atoms with Crippen molar-refractivity contribution >= 4 is 17.6 Å². The van der Waals surface area contributed by atoms with Crippen molar-refractivity contribution in [2.45, 2.75) is 0 Å². The molecule has 7 nitrogen and oxygen atoms in total. The molecule has 76 valence electrons. The highest BCUT2D eigenvalue weighted by Gasteiger charge is 2.14. The Bertz CT molecular complexity index is 370. The third-order valence-electron chi connectivity index (χ3n) is 1.65. The highest BCUT2D eigenvalue weighted by Crippen LogP contribution is 2.12. The number of amides is 2. The fourth-order valence-corrected chi connectivity index (χ4v) is 0.949. The first-order valence-electron chi connectivity index (χ1n) is 3.88. The number of nitrogens with zero attached hydrogens (tertiary/aromatic N) is 2. The van der Waals surface area contributed by atoms with E-state index >= 15 is 0 Å². The van der Waals surface area contributed by atoms with E-state index in [1.807, 2.05) is 0 Å². The van der Waals surface area contributed by atoms with Gasteiger partial charge in [0, 0.05) is 7.05 Å². The van der Waals surface area contributed by atoms with E-state index in [-0.39, 0.29) is 17.9 Å². The zero-order valence-corrected chi connectivity index (χ0v) is 7.65. The highest BCUT2D eigenvalue weighted by atomic mass is 16.2. The van der Waals surface area contributed by atoms with Gasteiger partial charge in [-0.05, 0) is 0 Å². The summed E-state index contributed by atoms with van der Waals surface area (Å²) in [6.45, 7) is -0.163. The molecule has 0 aliphatic heterocycles. The van der Waals surface area contributed by atoms with E-state index in [4.69, 9.17) is 11.5 Å². The molecule has 0 fully saturated rings. The van der Waals surface area contributed by atoms with E-state index in [1.54, 1.807) is 7.05 Å². The maximum Gasteiger partial charge on any atom is 0.254 e. The fraction of sp³-hybridized carbons (Fsp3) is 0.286. The quantitative estimate of drug-likeness (QED) is 0.542. The first-order chi connectivity index (χ1) is 6.56. The number of rotatable bonds is 3. The molecule has 5 N–H and O–H groups in total. The summed E-state index contributed by atoms with van der Waals surface area (Å²) in [5.74, 6) is -0.797. The van der Waals surface area contributed by atoms with Crippen molar-refractivity contribution in [2.24, 2.45) is 18.5 Å². The van der Waals surface area contributed by atoms with Crippen molar-refractivity contribution in [3.8, 4) is 0 Å². The molecule has 1 rings (SSSR count). The van der Waals surface area contributed by atoms with Gasteiger partial charge >= 0.3 is 0 Å². The largest absolute Gasteiger partial charge is 0.365 e. The molecule has 14 heavy (non-hydrogen) atoms. The van der Waals surface area contributed by atoms with Crippen LogP contribution in [0, 0.1) is 0 Å². The van der Waals surface area contributed by atoms with E-state index in [0.29, 0.717) is 0 Å². The van der Waals surface area contributed by atoms with E-state index in [0.717, 1.165) is 0 Å². The Morgan fingerprint density at radius 1 is 1.64 bits per heavy atom. The van der Waals surface area contributed by atoms with Crippen LogP contribution in [-0.4, -0.2) is 28.1 Å². The number of aryl methyl sites for hydroxylation is 1. The Kier molecular flexibility index (Phi) is 2.82. The molecular formula is C7H11N5O2. The Hall–Kier alpha value is -1.89. The highest BCUT2D eigenvalue weighted by molar-refractivity contribution is 6.02. The van der Waals surface area contributed by atoms with Crippen molar-refractivity contribution in [3.05, 3.63) is 11.8 Å². The molecule has 1 heterocycles. The van der Waals surface area contributed by atoms with Gasteiger partial charge in [-0.15, -0.1) is 0 Å². The zero-order chi connectivity index (χ0) is 10.7. The molecule has 0 aromatic carbocycles. The van der Waals surface area contributed by atoms with Crippen molar-refractivity contribution in [1.29, 1.82) is 0 Å². The molecule has 2 amide bonds. The van der Waals surface area contributed by atoms with Crippen molar-refractivity contribution in [1.82, 2.24) is 9.78 Å². The van der Waals surface area contributed by atoms with Gasteiger partial charge in [-0.25, -0.2) is 0 Å². The standard InChI is InChI=1S/C7H11N5O2/c1-12-7(11-5(13)2-8)4(3-10-12)6(9)14/h3H,2,8H2,1H3,(H2,9,14)(H,11,13). The monoisotopic (exact) mass is 197 g/mol. The summed E-state index contributed by atoms with van der Waals surface area (Å²) in [5, 5.41) is 6.21. The third kappa shape index (κ3) is 1.88. The number of primary amides is 1. The van der Waals surface area contributed by atoms with Gasteiger partial charge in [-0.3, -0.25) is 14.3 Å². The van der Waals surface area contributed by atoms with Crippen LogP contribution in [0.25, 0.3) is 0 Å². The first-order valence-corrected chi connectivity index (χ1v) is 3.88. The predicted molar refractivity (Wildman–Crippen MR) is 49.4 cm³/mol. The molecule has 1 aromatic rings. The molecule has 0 aliphatic rings. The van der Waals surface area contributed by atoms with Gasteiger partial charge in [0.05, 0.1) is 12.7 Å². The smallest absolute Gasteiger partial charge is 0.254 e. The summed E-state index contributed by atoms with van der Waals surface area (Å²) in [6.07, 6.45) is 1.29. The number of anilines is 1. The predicted octanol–water partition coefficient (Wildman–Crippen LogP) is -1.58. The average Bonchev–Trinajstić information content (AvgIpc) is 2.48. The van der Waals surface area contributed by atoms with Crippen LogP contribution in [-0.2, 0) is 11.8 Å². The summed E-state index contributed by atoms with van der Waals surface area (Å²) in [4.78, 5) is 21.9. The second-order valence-corrected chi connectivity index (χ2v) is 2.65. The zero-order valence-electron chi connectivity index (χ0n) is 7.65. The number of carbonyl (C=O) groups is 2. The second kappa shape index (κ2) is 3.88. The second-order valence-electron chi connectivity index (χ2n) is 2.65. The number of carbonyl (C=O) groups excluding carboxylic acids is 2. The number of nitrogens with one attached hydrogen (secondary N) is 1. The van der Waals surface area contributed by atoms with Gasteiger partial charge in [0.1, 0.15) is 11.4 Å². The minimum atomic E-state index is -0.648. The molecule has 0 unspecified atom stereocenters. The molecule has 0 saturated heterocycles. The Morgan fingerprint density at radius 3 is 2.79 bits per heavy atom. The lowest BCUT2D eigenvalue weighted by molar-refractivity contribution is -0.114. The van der Waals surface area contributed by atoms with Crippen molar-refractivity contribution < 1.29 is 9.59 Å². The van der Waals surface area contributed by atoms with E-state index in [2.05, 4.69) is 10.4 Å². The average molecular weight is 197 g/mol. The summed E-state index contributed by atoms with van der Waals surface area (Å²) in [5.41, 5.74) is 10.3. The van der Waals surface area contributed by atoms with Gasteiger partial charge in [0.15, 0.2) is 0 Å². The third-order valence-corrected chi connectivity index (χ3v) is 1.65. The van der Waals surface area contributed by atoms with Crippen LogP contribution in [0.2, 0.25) is 0 Å². The molecule has 7 heteroatoms. The van der Waals surface area contributed by atoms with Gasteiger partial charge in [-0.2, -0.15) is 5.10 Å². The van der Waals surface area contributed by atoms with E-state index in [9.17, 15) is 9.59 Å².